The maximum Gasteiger partial charge on any atom is 0.194 e. The van der Waals surface area contributed by atoms with Gasteiger partial charge in [-0.25, -0.2) is 4.98 Å². The molecule has 7 heteroatoms. The van der Waals surface area contributed by atoms with Crippen LogP contribution >= 0.6 is 0 Å². The Kier molecular flexibility index (Phi) is 5.33. The molecule has 0 saturated heterocycles. The molecule has 2 heterocycles. The van der Waals surface area contributed by atoms with Crippen molar-refractivity contribution < 1.29 is 4.42 Å². The maximum absolute atomic E-state index is 5.85. The van der Waals surface area contributed by atoms with Gasteiger partial charge in [-0.2, -0.15) is 5.10 Å². The predicted molar refractivity (Wildman–Crippen MR) is 98.4 cm³/mol. The number of hydrogen-bond donors (Lipinski definition) is 1. The third-order valence-corrected chi connectivity index (χ3v) is 3.98. The Morgan fingerprint density at radius 2 is 2.20 bits per heavy atom. The first-order valence-corrected chi connectivity index (χ1v) is 8.47. The Morgan fingerprint density at radius 3 is 2.92 bits per heavy atom. The van der Waals surface area contributed by atoms with Crippen molar-refractivity contribution in [3.05, 3.63) is 48.2 Å². The van der Waals surface area contributed by atoms with Crippen molar-refractivity contribution in [3.63, 3.8) is 0 Å². The number of para-hydroxylation sites is 1. The van der Waals surface area contributed by atoms with Crippen LogP contribution in [-0.4, -0.2) is 45.8 Å². The van der Waals surface area contributed by atoms with E-state index in [1.54, 1.807) is 11.0 Å². The summed E-state index contributed by atoms with van der Waals surface area (Å²) in [5, 5.41) is 8.55. The smallest absolute Gasteiger partial charge is 0.194 e. The molecule has 0 saturated carbocycles. The molecular weight excluding hydrogens is 316 g/mol. The van der Waals surface area contributed by atoms with E-state index in [0.717, 1.165) is 41.5 Å². The summed E-state index contributed by atoms with van der Waals surface area (Å²) in [4.78, 5) is 11.0. The second kappa shape index (κ2) is 7.83. The fourth-order valence-electron chi connectivity index (χ4n) is 2.65. The van der Waals surface area contributed by atoms with Gasteiger partial charge >= 0.3 is 0 Å². The SMILES string of the molecule is CCNC(=NCCc1cc2ccccc2o1)N(C)Cc1ncnn1C. The Hall–Kier alpha value is -2.83. The third kappa shape index (κ3) is 4.17. The van der Waals surface area contributed by atoms with Gasteiger partial charge in [-0.05, 0) is 19.1 Å². The summed E-state index contributed by atoms with van der Waals surface area (Å²) >= 11 is 0. The highest BCUT2D eigenvalue weighted by Crippen LogP contribution is 2.19. The lowest BCUT2D eigenvalue weighted by molar-refractivity contribution is 0.448. The number of aromatic nitrogens is 3. The molecule has 0 aliphatic heterocycles. The fourth-order valence-corrected chi connectivity index (χ4v) is 2.65. The number of nitrogens with zero attached hydrogens (tertiary/aromatic N) is 5. The lowest BCUT2D eigenvalue weighted by Crippen LogP contribution is -2.39. The molecule has 0 aliphatic rings. The molecule has 1 N–H and O–H groups in total. The first kappa shape index (κ1) is 17.0. The van der Waals surface area contributed by atoms with E-state index in [0.29, 0.717) is 13.1 Å². The van der Waals surface area contributed by atoms with E-state index < -0.39 is 0 Å². The quantitative estimate of drug-likeness (QED) is 0.550. The molecule has 0 fully saturated rings. The molecule has 0 amide bonds. The topological polar surface area (TPSA) is 71.5 Å². The fraction of sp³-hybridized carbons (Fsp3) is 0.389. The van der Waals surface area contributed by atoms with Crippen molar-refractivity contribution in [2.75, 3.05) is 20.1 Å². The zero-order chi connectivity index (χ0) is 17.6. The van der Waals surface area contributed by atoms with Crippen molar-refractivity contribution in [2.24, 2.45) is 12.0 Å². The van der Waals surface area contributed by atoms with Crippen molar-refractivity contribution in [1.82, 2.24) is 25.0 Å². The van der Waals surface area contributed by atoms with E-state index in [9.17, 15) is 0 Å². The summed E-state index contributed by atoms with van der Waals surface area (Å²) in [5.41, 5.74) is 0.924. The molecule has 25 heavy (non-hydrogen) atoms. The molecule has 0 unspecified atom stereocenters. The van der Waals surface area contributed by atoms with Crippen LogP contribution in [-0.2, 0) is 20.0 Å². The van der Waals surface area contributed by atoms with Crippen molar-refractivity contribution in [3.8, 4) is 0 Å². The second-order valence-corrected chi connectivity index (χ2v) is 5.89. The van der Waals surface area contributed by atoms with Gasteiger partial charge in [-0.15, -0.1) is 0 Å². The number of nitrogens with one attached hydrogen (secondary N) is 1. The van der Waals surface area contributed by atoms with Crippen molar-refractivity contribution in [1.29, 1.82) is 0 Å². The molecular formula is C18H24N6O. The zero-order valence-corrected chi connectivity index (χ0v) is 14.9. The molecule has 7 nitrogen and oxygen atoms in total. The summed E-state index contributed by atoms with van der Waals surface area (Å²) in [6.07, 6.45) is 2.33. The number of aryl methyl sites for hydroxylation is 1. The minimum atomic E-state index is 0.646. The number of aliphatic imine (C=N–C) groups is 1. The lowest BCUT2D eigenvalue weighted by Gasteiger charge is -2.21. The predicted octanol–water partition coefficient (Wildman–Crippen LogP) is 2.20. The van der Waals surface area contributed by atoms with Gasteiger partial charge in [-0.1, -0.05) is 18.2 Å². The van der Waals surface area contributed by atoms with Gasteiger partial charge in [0.25, 0.3) is 0 Å². The summed E-state index contributed by atoms with van der Waals surface area (Å²) in [7, 11) is 3.89. The molecule has 3 rings (SSSR count). The average molecular weight is 340 g/mol. The first-order valence-electron chi connectivity index (χ1n) is 8.47. The maximum atomic E-state index is 5.85. The van der Waals surface area contributed by atoms with Crippen LogP contribution < -0.4 is 5.32 Å². The number of guanidine groups is 1. The van der Waals surface area contributed by atoms with E-state index in [1.165, 1.54) is 0 Å². The van der Waals surface area contributed by atoms with Gasteiger partial charge in [0, 0.05) is 39.0 Å². The molecule has 3 aromatic rings. The highest BCUT2D eigenvalue weighted by molar-refractivity contribution is 5.79. The minimum absolute atomic E-state index is 0.646. The molecule has 2 aromatic heterocycles. The number of rotatable bonds is 6. The van der Waals surface area contributed by atoms with Crippen LogP contribution in [0, 0.1) is 0 Å². The van der Waals surface area contributed by atoms with E-state index in [2.05, 4.69) is 34.5 Å². The first-order chi connectivity index (χ1) is 12.2. The standard InChI is InChI=1S/C18H24N6O/c1-4-19-18(23(2)12-17-21-13-22-24(17)3)20-10-9-15-11-14-7-5-6-8-16(14)25-15/h5-8,11,13H,4,9-10,12H2,1-3H3,(H,19,20). The normalized spacial score (nSPS) is 11.9. The van der Waals surface area contributed by atoms with Gasteiger partial charge in [-0.3, -0.25) is 9.67 Å². The molecule has 0 atom stereocenters. The van der Waals surface area contributed by atoms with Crippen LogP contribution in [0.3, 0.4) is 0 Å². The van der Waals surface area contributed by atoms with Gasteiger partial charge in [0.05, 0.1) is 6.54 Å². The van der Waals surface area contributed by atoms with Crippen LogP contribution in [0.15, 0.2) is 46.1 Å². The Balaban J connectivity index is 1.64. The molecule has 0 aliphatic carbocycles. The third-order valence-electron chi connectivity index (χ3n) is 3.98. The van der Waals surface area contributed by atoms with Gasteiger partial charge in [0.1, 0.15) is 23.5 Å². The van der Waals surface area contributed by atoms with E-state index >= 15 is 0 Å². The van der Waals surface area contributed by atoms with E-state index in [-0.39, 0.29) is 0 Å². The Bertz CT molecular complexity index is 817. The lowest BCUT2D eigenvalue weighted by atomic mass is 10.2. The number of hydrogen-bond acceptors (Lipinski definition) is 4. The number of benzene rings is 1. The molecule has 0 bridgehead atoms. The molecule has 0 spiro atoms. The summed E-state index contributed by atoms with van der Waals surface area (Å²) in [6, 6.07) is 10.1. The van der Waals surface area contributed by atoms with Crippen LogP contribution in [0.5, 0.6) is 0 Å². The highest BCUT2D eigenvalue weighted by Gasteiger charge is 2.10. The van der Waals surface area contributed by atoms with Crippen LogP contribution in [0.4, 0.5) is 0 Å². The zero-order valence-electron chi connectivity index (χ0n) is 14.9. The van der Waals surface area contributed by atoms with Crippen molar-refractivity contribution >= 4 is 16.9 Å². The molecule has 1 aromatic carbocycles. The number of furan rings is 1. The summed E-state index contributed by atoms with van der Waals surface area (Å²) < 4.78 is 7.62. The van der Waals surface area contributed by atoms with Gasteiger partial charge in [0.2, 0.25) is 0 Å². The van der Waals surface area contributed by atoms with Crippen molar-refractivity contribution in [2.45, 2.75) is 19.9 Å². The van der Waals surface area contributed by atoms with E-state index in [4.69, 9.17) is 9.41 Å². The molecule has 0 radical (unpaired) electrons. The second-order valence-electron chi connectivity index (χ2n) is 5.89. The van der Waals surface area contributed by atoms with Crippen LogP contribution in [0.25, 0.3) is 11.0 Å². The summed E-state index contributed by atoms with van der Waals surface area (Å²) in [6.45, 7) is 4.18. The monoisotopic (exact) mass is 340 g/mol. The van der Waals surface area contributed by atoms with Gasteiger partial charge < -0.3 is 14.6 Å². The van der Waals surface area contributed by atoms with Gasteiger partial charge in [0.15, 0.2) is 5.96 Å². The van der Waals surface area contributed by atoms with E-state index in [1.807, 2.05) is 37.2 Å². The minimum Gasteiger partial charge on any atom is -0.461 e. The summed E-state index contributed by atoms with van der Waals surface area (Å²) in [5.74, 6) is 2.70. The number of fused-ring (bicyclic) bond motifs is 1. The Morgan fingerprint density at radius 1 is 1.36 bits per heavy atom. The van der Waals surface area contributed by atoms with Crippen LogP contribution in [0.2, 0.25) is 0 Å². The highest BCUT2D eigenvalue weighted by atomic mass is 16.3. The Labute approximate surface area is 147 Å². The molecule has 132 valence electrons. The van der Waals surface area contributed by atoms with Crippen LogP contribution in [0.1, 0.15) is 18.5 Å². The average Bonchev–Trinajstić information content (AvgIpc) is 3.20. The largest absolute Gasteiger partial charge is 0.461 e.